The highest BCUT2D eigenvalue weighted by Gasteiger charge is 2.42. The predicted molar refractivity (Wildman–Crippen MR) is 94.7 cm³/mol. The van der Waals surface area contributed by atoms with E-state index in [4.69, 9.17) is 9.47 Å². The van der Waals surface area contributed by atoms with Gasteiger partial charge in [0, 0.05) is 24.5 Å². The molecule has 0 aliphatic heterocycles. The Morgan fingerprint density at radius 2 is 1.92 bits per heavy atom. The number of esters is 2. The quantitative estimate of drug-likeness (QED) is 0.445. The molecule has 24 heavy (non-hydrogen) atoms. The number of aliphatic imine (C=N–C) groups is 1. The lowest BCUT2D eigenvalue weighted by Crippen LogP contribution is -2.39. The van der Waals surface area contributed by atoms with Crippen LogP contribution in [-0.4, -0.2) is 30.5 Å². The van der Waals surface area contributed by atoms with Crippen molar-refractivity contribution in [3.63, 3.8) is 0 Å². The van der Waals surface area contributed by atoms with Crippen molar-refractivity contribution in [2.24, 2.45) is 16.3 Å². The van der Waals surface area contributed by atoms with Gasteiger partial charge in [0.2, 0.25) is 5.90 Å². The molecule has 1 atom stereocenters. The molecular weight excluding hydrogens is 306 g/mol. The van der Waals surface area contributed by atoms with E-state index in [1.807, 2.05) is 47.6 Å². The molecule has 5 heteroatoms. The van der Waals surface area contributed by atoms with Crippen LogP contribution in [0.1, 0.15) is 54.4 Å². The van der Waals surface area contributed by atoms with Crippen LogP contribution >= 0.6 is 0 Å². The Morgan fingerprint density at radius 1 is 1.29 bits per heavy atom. The van der Waals surface area contributed by atoms with Crippen molar-refractivity contribution in [2.75, 3.05) is 7.05 Å². The molecule has 0 radical (unpaired) electrons. The summed E-state index contributed by atoms with van der Waals surface area (Å²) in [5.41, 5.74) is -0.629. The smallest absolute Gasteiger partial charge is 0.335 e. The monoisotopic (exact) mass is 335 g/mol. The molecule has 1 aliphatic carbocycles. The SMILES string of the molecule is CCCC(=O)OC(=NC)C1C=CC=C(C(=O)OC(C)(C)C)C1(C)C. The number of hydrogen-bond acceptors (Lipinski definition) is 5. The topological polar surface area (TPSA) is 65.0 Å². The molecule has 0 saturated carbocycles. The molecule has 134 valence electrons. The summed E-state index contributed by atoms with van der Waals surface area (Å²) in [4.78, 5) is 28.5. The third kappa shape index (κ3) is 5.05. The van der Waals surface area contributed by atoms with Gasteiger partial charge in [0.1, 0.15) is 5.60 Å². The maximum Gasteiger partial charge on any atom is 0.335 e. The molecule has 0 heterocycles. The summed E-state index contributed by atoms with van der Waals surface area (Å²) in [7, 11) is 1.59. The Balaban J connectivity index is 3.04. The Morgan fingerprint density at radius 3 is 2.42 bits per heavy atom. The normalized spacial score (nSPS) is 20.4. The van der Waals surface area contributed by atoms with Crippen molar-refractivity contribution in [1.82, 2.24) is 0 Å². The van der Waals surface area contributed by atoms with Crippen LogP contribution in [0.3, 0.4) is 0 Å². The van der Waals surface area contributed by atoms with E-state index in [9.17, 15) is 9.59 Å². The molecule has 1 aliphatic rings. The first-order chi connectivity index (χ1) is 11.0. The van der Waals surface area contributed by atoms with E-state index in [0.29, 0.717) is 24.3 Å². The van der Waals surface area contributed by atoms with Crippen molar-refractivity contribution in [3.05, 3.63) is 23.8 Å². The molecule has 0 aromatic heterocycles. The van der Waals surface area contributed by atoms with Crippen LogP contribution in [0.2, 0.25) is 0 Å². The standard InChI is InChI=1S/C19H29NO4/c1-8-10-15(21)23-16(20-7)13-11-9-12-14(19(13,5)6)17(22)24-18(2,3)4/h9,11-13H,8,10H2,1-7H3. The van der Waals surface area contributed by atoms with Gasteiger partial charge in [0.25, 0.3) is 0 Å². The van der Waals surface area contributed by atoms with E-state index in [-0.39, 0.29) is 17.9 Å². The second-order valence-electron chi connectivity index (χ2n) is 7.45. The number of hydrogen-bond donors (Lipinski definition) is 0. The highest BCUT2D eigenvalue weighted by atomic mass is 16.6. The molecule has 0 aromatic carbocycles. The Hall–Kier alpha value is -1.91. The third-order valence-corrected chi connectivity index (χ3v) is 3.82. The zero-order valence-corrected chi connectivity index (χ0v) is 15.8. The van der Waals surface area contributed by atoms with Crippen molar-refractivity contribution < 1.29 is 19.1 Å². The second kappa shape index (κ2) is 7.77. The lowest BCUT2D eigenvalue weighted by atomic mass is 9.70. The van der Waals surface area contributed by atoms with Crippen LogP contribution in [0.15, 0.2) is 28.8 Å². The summed E-state index contributed by atoms with van der Waals surface area (Å²) < 4.78 is 10.9. The van der Waals surface area contributed by atoms with Gasteiger partial charge in [-0.1, -0.05) is 39.0 Å². The highest BCUT2D eigenvalue weighted by Crippen LogP contribution is 2.41. The zero-order valence-electron chi connectivity index (χ0n) is 15.8. The summed E-state index contributed by atoms with van der Waals surface area (Å²) in [5.74, 6) is -0.660. The van der Waals surface area contributed by atoms with Gasteiger partial charge >= 0.3 is 11.9 Å². The van der Waals surface area contributed by atoms with Crippen molar-refractivity contribution >= 4 is 17.8 Å². The van der Waals surface area contributed by atoms with Crippen LogP contribution in [0.5, 0.6) is 0 Å². The Kier molecular flexibility index (Phi) is 6.52. The molecule has 1 rings (SSSR count). The maximum absolute atomic E-state index is 12.5. The van der Waals surface area contributed by atoms with Gasteiger partial charge in [0.05, 0.1) is 5.92 Å². The van der Waals surface area contributed by atoms with Gasteiger partial charge in [-0.3, -0.25) is 9.79 Å². The first-order valence-corrected chi connectivity index (χ1v) is 8.32. The molecule has 0 saturated heterocycles. The van der Waals surface area contributed by atoms with Crippen molar-refractivity contribution in [3.8, 4) is 0 Å². The molecule has 5 nitrogen and oxygen atoms in total. The summed E-state index contributed by atoms with van der Waals surface area (Å²) in [6.07, 6.45) is 6.49. The fourth-order valence-corrected chi connectivity index (χ4v) is 2.56. The van der Waals surface area contributed by atoms with E-state index in [1.165, 1.54) is 0 Å². The van der Waals surface area contributed by atoms with E-state index in [1.54, 1.807) is 19.2 Å². The minimum atomic E-state index is -0.599. The van der Waals surface area contributed by atoms with E-state index in [0.717, 1.165) is 0 Å². The highest BCUT2D eigenvalue weighted by molar-refractivity contribution is 5.96. The summed E-state index contributed by atoms with van der Waals surface area (Å²) in [5, 5.41) is 0. The van der Waals surface area contributed by atoms with Gasteiger partial charge in [-0.2, -0.15) is 0 Å². The average molecular weight is 335 g/mol. The predicted octanol–water partition coefficient (Wildman–Crippen LogP) is 3.84. The van der Waals surface area contributed by atoms with E-state index < -0.39 is 11.0 Å². The lowest BCUT2D eigenvalue weighted by Gasteiger charge is -2.36. The molecule has 0 spiro atoms. The largest absolute Gasteiger partial charge is 0.457 e. The molecule has 0 fully saturated rings. The first-order valence-electron chi connectivity index (χ1n) is 8.32. The summed E-state index contributed by atoms with van der Waals surface area (Å²) in [6, 6.07) is 0. The Bertz CT molecular complexity index is 577. The molecule has 1 unspecified atom stereocenters. The van der Waals surface area contributed by atoms with Gasteiger partial charge in [-0.05, 0) is 27.2 Å². The molecule has 0 amide bonds. The fourth-order valence-electron chi connectivity index (χ4n) is 2.56. The zero-order chi connectivity index (χ0) is 18.5. The second-order valence-corrected chi connectivity index (χ2v) is 7.45. The Labute approximate surface area is 144 Å². The summed E-state index contributed by atoms with van der Waals surface area (Å²) in [6.45, 7) is 11.3. The van der Waals surface area contributed by atoms with Crippen LogP contribution in [0, 0.1) is 11.3 Å². The number of rotatable bonds is 4. The third-order valence-electron chi connectivity index (χ3n) is 3.82. The molecule has 0 bridgehead atoms. The van der Waals surface area contributed by atoms with Gasteiger partial charge < -0.3 is 9.47 Å². The van der Waals surface area contributed by atoms with Gasteiger partial charge in [-0.15, -0.1) is 0 Å². The van der Waals surface area contributed by atoms with Crippen molar-refractivity contribution in [1.29, 1.82) is 0 Å². The lowest BCUT2D eigenvalue weighted by molar-refractivity contribution is -0.151. The molecule has 0 N–H and O–H groups in total. The molecule has 0 aromatic rings. The van der Waals surface area contributed by atoms with Crippen molar-refractivity contribution in [2.45, 2.75) is 60.0 Å². The number of allylic oxidation sites excluding steroid dienone is 2. The van der Waals surface area contributed by atoms with Crippen LogP contribution < -0.4 is 0 Å². The first kappa shape index (κ1) is 20.1. The number of ether oxygens (including phenoxy) is 2. The number of carbonyl (C=O) groups is 2. The minimum absolute atomic E-state index is 0.309. The summed E-state index contributed by atoms with van der Waals surface area (Å²) >= 11 is 0. The van der Waals surface area contributed by atoms with Crippen LogP contribution in [0.25, 0.3) is 0 Å². The van der Waals surface area contributed by atoms with E-state index in [2.05, 4.69) is 4.99 Å². The van der Waals surface area contributed by atoms with Crippen LogP contribution in [0.4, 0.5) is 0 Å². The maximum atomic E-state index is 12.5. The minimum Gasteiger partial charge on any atom is -0.457 e. The van der Waals surface area contributed by atoms with Crippen LogP contribution in [-0.2, 0) is 19.1 Å². The van der Waals surface area contributed by atoms with Gasteiger partial charge in [-0.25, -0.2) is 4.79 Å². The van der Waals surface area contributed by atoms with E-state index >= 15 is 0 Å². The number of nitrogens with zero attached hydrogens (tertiary/aromatic N) is 1. The molecular formula is C19H29NO4. The number of carbonyl (C=O) groups excluding carboxylic acids is 2. The average Bonchev–Trinajstić information content (AvgIpc) is 2.42. The fraction of sp³-hybridized carbons (Fsp3) is 0.632. The van der Waals surface area contributed by atoms with Gasteiger partial charge in [0.15, 0.2) is 0 Å².